The van der Waals surface area contributed by atoms with Gasteiger partial charge in [-0.15, -0.1) is 0 Å². The number of hydrogen-bond acceptors (Lipinski definition) is 10. The van der Waals surface area contributed by atoms with Crippen LogP contribution in [0.5, 0.6) is 28.7 Å². The minimum atomic E-state index is -0.841. The molecule has 2 aromatic rings. The molecule has 0 fully saturated rings. The molecule has 0 saturated carbocycles. The van der Waals surface area contributed by atoms with Gasteiger partial charge in [0.25, 0.3) is 0 Å². The molecule has 0 N–H and O–H groups in total. The molecule has 0 aliphatic carbocycles. The minimum Gasteiger partial charge on any atom is -0.423 e. The quantitative estimate of drug-likeness (QED) is 0.175. The number of hydrogen-bond donors (Lipinski definition) is 0. The molecular weight excluding hydrogens is 556 g/mol. The summed E-state index contributed by atoms with van der Waals surface area (Å²) in [5.74, 6) is -4.06. The Bertz CT molecular complexity index is 1600. The molecule has 43 heavy (non-hydrogen) atoms. The van der Waals surface area contributed by atoms with E-state index in [0.717, 1.165) is 0 Å². The van der Waals surface area contributed by atoms with Gasteiger partial charge < -0.3 is 23.7 Å². The largest absolute Gasteiger partial charge is 0.423 e. The highest BCUT2D eigenvalue weighted by molar-refractivity contribution is 5.99. The molecule has 0 aromatic heterocycles. The van der Waals surface area contributed by atoms with E-state index in [9.17, 15) is 24.0 Å². The van der Waals surface area contributed by atoms with E-state index in [2.05, 4.69) is 26.3 Å². The van der Waals surface area contributed by atoms with Crippen molar-refractivity contribution in [3.8, 4) is 28.7 Å². The van der Waals surface area contributed by atoms with Crippen LogP contribution in [0.1, 0.15) is 47.1 Å². The van der Waals surface area contributed by atoms with Gasteiger partial charge in [-0.2, -0.15) is 0 Å². The number of rotatable bonds is 11. The topological polar surface area (TPSA) is 132 Å². The summed E-state index contributed by atoms with van der Waals surface area (Å²) in [6, 6.07) is 8.10. The van der Waals surface area contributed by atoms with Gasteiger partial charge in [0.15, 0.2) is 11.5 Å². The minimum absolute atomic E-state index is 0.00979. The molecule has 0 bridgehead atoms. The Balaban J connectivity index is 2.51. The average Bonchev–Trinajstić information content (AvgIpc) is 2.93. The molecule has 0 heterocycles. The predicted octanol–water partition coefficient (Wildman–Crippen LogP) is 6.01. The summed E-state index contributed by atoms with van der Waals surface area (Å²) in [4.78, 5) is 61.8. The van der Waals surface area contributed by atoms with Crippen LogP contribution in [-0.2, 0) is 24.0 Å². The van der Waals surface area contributed by atoms with Gasteiger partial charge in [-0.3, -0.25) is 0 Å². The van der Waals surface area contributed by atoms with Gasteiger partial charge in [0.2, 0.25) is 0 Å². The van der Waals surface area contributed by atoms with Gasteiger partial charge >= 0.3 is 29.8 Å². The van der Waals surface area contributed by atoms with Crippen molar-refractivity contribution in [3.63, 3.8) is 0 Å². The number of benzene rings is 2. The molecule has 224 valence electrons. The van der Waals surface area contributed by atoms with Crippen LogP contribution in [0.4, 0.5) is 0 Å². The molecule has 0 spiro atoms. The summed E-state index contributed by atoms with van der Waals surface area (Å²) < 4.78 is 26.7. The molecule has 0 saturated heterocycles. The Labute approximate surface area is 249 Å². The Kier molecular flexibility index (Phi) is 11.3. The van der Waals surface area contributed by atoms with Crippen LogP contribution in [0, 0.1) is 0 Å². The Morgan fingerprint density at radius 1 is 0.465 bits per heavy atom. The highest BCUT2D eigenvalue weighted by Crippen LogP contribution is 2.35. The van der Waals surface area contributed by atoms with E-state index < -0.39 is 29.8 Å². The van der Waals surface area contributed by atoms with Crippen molar-refractivity contribution >= 4 is 35.4 Å². The number of esters is 5. The van der Waals surface area contributed by atoms with E-state index in [1.165, 1.54) is 71.0 Å². The van der Waals surface area contributed by atoms with Crippen LogP contribution in [-0.4, -0.2) is 29.8 Å². The van der Waals surface area contributed by atoms with Crippen molar-refractivity contribution in [2.24, 2.45) is 0 Å². The highest BCUT2D eigenvalue weighted by atomic mass is 16.6. The lowest BCUT2D eigenvalue weighted by atomic mass is 10.0. The van der Waals surface area contributed by atoms with Gasteiger partial charge in [0, 0.05) is 45.6 Å². The van der Waals surface area contributed by atoms with Gasteiger partial charge in [0.05, 0.1) is 0 Å². The Hall–Kier alpha value is -5.51. The number of allylic oxidation sites excluding steroid dienone is 1. The molecule has 0 amide bonds. The molecule has 2 aromatic carbocycles. The molecule has 10 heteroatoms. The van der Waals surface area contributed by atoms with E-state index in [1.54, 1.807) is 6.92 Å². The van der Waals surface area contributed by atoms with Crippen LogP contribution < -0.4 is 23.7 Å². The maximum atomic E-state index is 13.2. The van der Waals surface area contributed by atoms with Gasteiger partial charge in [0.1, 0.15) is 17.2 Å². The third-order valence-corrected chi connectivity index (χ3v) is 5.56. The molecule has 0 radical (unpaired) electrons. The molecule has 0 aliphatic heterocycles. The highest BCUT2D eigenvalue weighted by Gasteiger charge is 2.21. The monoisotopic (exact) mass is 588 g/mol. The smallest absolute Gasteiger partial charge is 0.339 e. The zero-order valence-corrected chi connectivity index (χ0v) is 24.9. The zero-order chi connectivity index (χ0) is 32.6. The van der Waals surface area contributed by atoms with Crippen molar-refractivity contribution < 1.29 is 47.7 Å². The summed E-state index contributed by atoms with van der Waals surface area (Å²) in [5, 5.41) is 0. The Morgan fingerprint density at radius 2 is 0.837 bits per heavy atom. The van der Waals surface area contributed by atoms with Crippen LogP contribution in [0.2, 0.25) is 0 Å². The first-order valence-corrected chi connectivity index (χ1v) is 12.7. The predicted molar refractivity (Wildman–Crippen MR) is 159 cm³/mol. The lowest BCUT2D eigenvalue weighted by molar-refractivity contribution is -0.132. The van der Waals surface area contributed by atoms with Crippen LogP contribution in [0.15, 0.2) is 90.6 Å². The first kappa shape index (κ1) is 33.7. The van der Waals surface area contributed by atoms with E-state index in [-0.39, 0.29) is 56.6 Å². The van der Waals surface area contributed by atoms with E-state index >= 15 is 0 Å². The Morgan fingerprint density at radius 3 is 1.30 bits per heavy atom. The lowest BCUT2D eigenvalue weighted by Crippen LogP contribution is -2.15. The zero-order valence-electron chi connectivity index (χ0n) is 24.9. The third kappa shape index (κ3) is 9.25. The first-order valence-electron chi connectivity index (χ1n) is 12.7. The number of carbonyl (C=O) groups excluding carboxylic acids is 5. The first-order chi connectivity index (χ1) is 20.0. The fourth-order valence-electron chi connectivity index (χ4n) is 2.97. The summed E-state index contributed by atoms with van der Waals surface area (Å²) in [6.45, 7) is 23.0. The molecule has 10 nitrogen and oxygen atoms in total. The third-order valence-electron chi connectivity index (χ3n) is 5.56. The van der Waals surface area contributed by atoms with Gasteiger partial charge in [-0.25, -0.2) is 24.0 Å². The average molecular weight is 589 g/mol. The van der Waals surface area contributed by atoms with Crippen molar-refractivity contribution in [1.29, 1.82) is 0 Å². The maximum Gasteiger partial charge on any atom is 0.339 e. The van der Waals surface area contributed by atoms with Crippen LogP contribution in [0.25, 0.3) is 5.57 Å². The van der Waals surface area contributed by atoms with Gasteiger partial charge in [-0.05, 0) is 71.4 Å². The molecule has 0 aliphatic rings. The standard InChI is InChI=1S/C33H32O10/c1-17(2)29(34)39-23-11-13-25(27(15-23)42-31(36)19(5)6)21(9)22(10)33(38)41-26-14-12-24(40-30(35)18(3)4)16-28(26)43-32(37)20(7)8/h11-16H,1,3,5,7H2,2,4,6,8-10H3. The summed E-state index contributed by atoms with van der Waals surface area (Å²) in [6.07, 6.45) is 0. The summed E-state index contributed by atoms with van der Waals surface area (Å²) in [7, 11) is 0. The molecule has 0 unspecified atom stereocenters. The van der Waals surface area contributed by atoms with Crippen LogP contribution in [0.3, 0.4) is 0 Å². The molecular formula is C33H32O10. The second-order valence-corrected chi connectivity index (χ2v) is 9.59. The SMILES string of the molecule is C=C(C)C(=O)Oc1ccc(OC(=O)C(C)=C(C)c2ccc(OC(=O)C(=C)C)cc2OC(=O)C(=C)C)c(OC(=O)C(=C)C)c1. The molecule has 0 atom stereocenters. The van der Waals surface area contributed by atoms with Crippen molar-refractivity contribution in [2.75, 3.05) is 0 Å². The second-order valence-electron chi connectivity index (χ2n) is 9.59. The fourth-order valence-corrected chi connectivity index (χ4v) is 2.97. The summed E-state index contributed by atoms with van der Waals surface area (Å²) in [5.41, 5.74) is 1.24. The second kappa shape index (κ2) is 14.4. The van der Waals surface area contributed by atoms with E-state index in [0.29, 0.717) is 11.1 Å². The van der Waals surface area contributed by atoms with Crippen molar-refractivity contribution in [2.45, 2.75) is 41.5 Å². The van der Waals surface area contributed by atoms with Crippen LogP contribution >= 0.6 is 0 Å². The van der Waals surface area contributed by atoms with E-state index in [4.69, 9.17) is 23.7 Å². The number of ether oxygens (including phenoxy) is 5. The number of carbonyl (C=O) groups is 5. The van der Waals surface area contributed by atoms with E-state index in [1.807, 2.05) is 0 Å². The van der Waals surface area contributed by atoms with Crippen molar-refractivity contribution in [1.82, 2.24) is 0 Å². The normalized spacial score (nSPS) is 10.8. The summed E-state index contributed by atoms with van der Waals surface area (Å²) >= 11 is 0. The fraction of sp³-hybridized carbons (Fsp3) is 0.182. The van der Waals surface area contributed by atoms with Crippen molar-refractivity contribution in [3.05, 3.63) is 96.1 Å². The van der Waals surface area contributed by atoms with Gasteiger partial charge in [-0.1, -0.05) is 26.3 Å². The maximum absolute atomic E-state index is 13.2. The lowest BCUT2D eigenvalue weighted by Gasteiger charge is -2.16. The molecule has 2 rings (SSSR count).